The number of halogens is 4. The maximum atomic E-state index is 12.5. The van der Waals surface area contributed by atoms with Gasteiger partial charge in [-0.1, -0.05) is 11.6 Å². The zero-order valence-electron chi connectivity index (χ0n) is 11.3. The maximum absolute atomic E-state index is 12.5. The number of hydrogen-bond donors (Lipinski definition) is 3. The van der Waals surface area contributed by atoms with Gasteiger partial charge in [0.15, 0.2) is 0 Å². The molecule has 0 unspecified atom stereocenters. The second-order valence-electron chi connectivity index (χ2n) is 4.35. The monoisotopic (exact) mass is 331 g/mol. The number of alkyl halides is 3. The van der Waals surface area contributed by atoms with Gasteiger partial charge in [-0.3, -0.25) is 0 Å². The predicted octanol–water partition coefficient (Wildman–Crippen LogP) is 3.26. The first-order chi connectivity index (χ1) is 10.4. The molecule has 2 rings (SSSR count). The van der Waals surface area contributed by atoms with E-state index in [4.69, 9.17) is 17.3 Å². The summed E-state index contributed by atoms with van der Waals surface area (Å²) in [5, 5.41) is 5.74. The van der Waals surface area contributed by atoms with E-state index in [1.807, 2.05) is 0 Å². The van der Waals surface area contributed by atoms with Crippen LogP contribution in [0.3, 0.4) is 0 Å². The van der Waals surface area contributed by atoms with Gasteiger partial charge in [0.1, 0.15) is 11.6 Å². The van der Waals surface area contributed by atoms with Gasteiger partial charge >= 0.3 is 6.18 Å². The lowest BCUT2D eigenvalue weighted by molar-refractivity contribution is -0.137. The molecule has 2 aromatic rings. The van der Waals surface area contributed by atoms with Gasteiger partial charge in [-0.15, -0.1) is 0 Å². The number of pyridine rings is 2. The Morgan fingerprint density at radius 1 is 1.14 bits per heavy atom. The van der Waals surface area contributed by atoms with Crippen molar-refractivity contribution in [1.29, 1.82) is 0 Å². The van der Waals surface area contributed by atoms with Crippen LogP contribution in [0.4, 0.5) is 30.5 Å². The average molecular weight is 332 g/mol. The molecule has 0 aliphatic rings. The average Bonchev–Trinajstić information content (AvgIpc) is 2.45. The molecular weight excluding hydrogens is 319 g/mol. The van der Waals surface area contributed by atoms with Crippen LogP contribution in [0.2, 0.25) is 5.02 Å². The van der Waals surface area contributed by atoms with Crippen molar-refractivity contribution in [3.8, 4) is 0 Å². The summed E-state index contributed by atoms with van der Waals surface area (Å²) in [6, 6.07) is 4.25. The zero-order chi connectivity index (χ0) is 16.2. The molecule has 118 valence electrons. The number of anilines is 3. The number of nitrogens with two attached hydrogens (primary N) is 1. The van der Waals surface area contributed by atoms with Crippen LogP contribution in [0, 0.1) is 0 Å². The van der Waals surface area contributed by atoms with Crippen molar-refractivity contribution in [2.45, 2.75) is 6.18 Å². The molecule has 2 aromatic heterocycles. The third-order valence-corrected chi connectivity index (χ3v) is 3.01. The zero-order valence-corrected chi connectivity index (χ0v) is 12.0. The van der Waals surface area contributed by atoms with Crippen molar-refractivity contribution in [3.05, 3.63) is 41.2 Å². The van der Waals surface area contributed by atoms with E-state index in [0.29, 0.717) is 24.6 Å². The molecule has 2 heterocycles. The number of nitrogen functional groups attached to an aromatic ring is 1. The summed E-state index contributed by atoms with van der Waals surface area (Å²) in [5.74, 6) is 0.723. The molecule has 0 fully saturated rings. The molecule has 9 heteroatoms. The van der Waals surface area contributed by atoms with Gasteiger partial charge in [0.05, 0.1) is 16.3 Å². The van der Waals surface area contributed by atoms with E-state index in [2.05, 4.69) is 20.6 Å². The molecule has 5 nitrogen and oxygen atoms in total. The molecule has 0 aromatic carbocycles. The maximum Gasteiger partial charge on any atom is 0.417 e. The molecule has 0 spiro atoms. The van der Waals surface area contributed by atoms with Crippen LogP contribution >= 0.6 is 11.6 Å². The molecule has 4 N–H and O–H groups in total. The molecule has 22 heavy (non-hydrogen) atoms. The molecule has 0 aliphatic carbocycles. The van der Waals surface area contributed by atoms with E-state index in [-0.39, 0.29) is 10.8 Å². The molecule has 0 atom stereocenters. The van der Waals surface area contributed by atoms with Crippen LogP contribution in [0.15, 0.2) is 30.6 Å². The summed E-state index contributed by atoms with van der Waals surface area (Å²) < 4.78 is 37.5. The fourth-order valence-corrected chi connectivity index (χ4v) is 1.88. The predicted molar refractivity (Wildman–Crippen MR) is 79.9 cm³/mol. The number of nitrogens with zero attached hydrogens (tertiary/aromatic N) is 2. The highest BCUT2D eigenvalue weighted by molar-refractivity contribution is 6.32. The van der Waals surface area contributed by atoms with E-state index >= 15 is 0 Å². The number of rotatable bonds is 5. The van der Waals surface area contributed by atoms with Crippen molar-refractivity contribution in [2.75, 3.05) is 29.5 Å². The summed E-state index contributed by atoms with van der Waals surface area (Å²) in [7, 11) is 0. The Labute approximate surface area is 129 Å². The van der Waals surface area contributed by atoms with Gasteiger partial charge in [0.2, 0.25) is 0 Å². The number of aromatic nitrogens is 2. The van der Waals surface area contributed by atoms with Crippen LogP contribution in [0.5, 0.6) is 0 Å². The molecule has 0 amide bonds. The first-order valence-corrected chi connectivity index (χ1v) is 6.66. The van der Waals surface area contributed by atoms with Gasteiger partial charge in [0, 0.05) is 25.5 Å². The van der Waals surface area contributed by atoms with Gasteiger partial charge in [-0.2, -0.15) is 13.2 Å². The summed E-state index contributed by atoms with van der Waals surface area (Å²) in [5.41, 5.74) is 5.33. The van der Waals surface area contributed by atoms with Crippen LogP contribution in [0.25, 0.3) is 0 Å². The van der Waals surface area contributed by atoms with Crippen molar-refractivity contribution in [1.82, 2.24) is 9.97 Å². The highest BCUT2D eigenvalue weighted by Crippen LogP contribution is 2.32. The smallest absolute Gasteiger partial charge is 0.396 e. The highest BCUT2D eigenvalue weighted by Gasteiger charge is 2.31. The highest BCUT2D eigenvalue weighted by atomic mass is 35.5. The molecule has 0 radical (unpaired) electrons. The second kappa shape index (κ2) is 6.69. The minimum atomic E-state index is -4.47. The first kappa shape index (κ1) is 16.2. The van der Waals surface area contributed by atoms with E-state index in [1.165, 1.54) is 0 Å². The Balaban J connectivity index is 1.89. The molecule has 0 bridgehead atoms. The number of nitrogens with one attached hydrogen (secondary N) is 2. The van der Waals surface area contributed by atoms with Gasteiger partial charge in [-0.25, -0.2) is 9.97 Å². The second-order valence-corrected chi connectivity index (χ2v) is 4.75. The summed E-state index contributed by atoms with van der Waals surface area (Å²) >= 11 is 5.78. The third-order valence-electron chi connectivity index (χ3n) is 2.72. The summed E-state index contributed by atoms with van der Waals surface area (Å²) in [4.78, 5) is 7.72. The summed E-state index contributed by atoms with van der Waals surface area (Å²) in [6.45, 7) is 0.828. The minimum Gasteiger partial charge on any atom is -0.396 e. The van der Waals surface area contributed by atoms with Crippen LogP contribution in [-0.2, 0) is 6.18 Å². The largest absolute Gasteiger partial charge is 0.417 e. The van der Waals surface area contributed by atoms with E-state index in [9.17, 15) is 13.2 Å². The number of hydrogen-bond acceptors (Lipinski definition) is 5. The minimum absolute atomic E-state index is 0.0906. The molecule has 0 saturated carbocycles. The fourth-order valence-electron chi connectivity index (χ4n) is 1.65. The van der Waals surface area contributed by atoms with Gasteiger partial charge in [0.25, 0.3) is 0 Å². The van der Waals surface area contributed by atoms with Crippen molar-refractivity contribution >= 4 is 28.9 Å². The first-order valence-electron chi connectivity index (χ1n) is 6.29. The lowest BCUT2D eigenvalue weighted by Gasteiger charge is -2.12. The Kier molecular flexibility index (Phi) is 4.92. The van der Waals surface area contributed by atoms with Crippen molar-refractivity contribution in [2.24, 2.45) is 0 Å². The Hall–Kier alpha value is -2.22. The van der Waals surface area contributed by atoms with E-state index in [1.54, 1.807) is 18.3 Å². The van der Waals surface area contributed by atoms with Crippen molar-refractivity contribution < 1.29 is 13.2 Å². The van der Waals surface area contributed by atoms with Gasteiger partial charge < -0.3 is 16.4 Å². The van der Waals surface area contributed by atoms with Crippen LogP contribution < -0.4 is 16.4 Å². The summed E-state index contributed by atoms with van der Waals surface area (Å²) in [6.07, 6.45) is -2.13. The lowest BCUT2D eigenvalue weighted by Crippen LogP contribution is -2.16. The molecule has 0 aliphatic heterocycles. The Bertz CT molecular complexity index is 648. The van der Waals surface area contributed by atoms with Crippen molar-refractivity contribution in [3.63, 3.8) is 0 Å². The third kappa shape index (κ3) is 4.14. The molecule has 0 saturated heterocycles. The normalized spacial score (nSPS) is 11.3. The quantitative estimate of drug-likeness (QED) is 0.733. The lowest BCUT2D eigenvalue weighted by atomic mass is 10.3. The Morgan fingerprint density at radius 2 is 1.82 bits per heavy atom. The fraction of sp³-hybridized carbons (Fsp3) is 0.231. The van der Waals surface area contributed by atoms with Crippen LogP contribution in [0.1, 0.15) is 5.56 Å². The van der Waals surface area contributed by atoms with Gasteiger partial charge in [-0.05, 0) is 18.2 Å². The van der Waals surface area contributed by atoms with E-state index < -0.39 is 11.7 Å². The molecular formula is C13H13ClF3N5. The topological polar surface area (TPSA) is 75.9 Å². The van der Waals surface area contributed by atoms with Crippen LogP contribution in [-0.4, -0.2) is 23.1 Å². The van der Waals surface area contributed by atoms with E-state index in [0.717, 1.165) is 12.3 Å². The SMILES string of the molecule is Nc1cccnc1NCCNc1ncc(C(F)(F)F)cc1Cl. The standard InChI is InChI=1S/C13H13ClF3N5/c14-9-6-8(13(15,16)17)7-22-11(9)20-4-5-21-12-10(18)2-1-3-19-12/h1-3,6-7H,4-5,18H2,(H,19,21)(H,20,22). The Morgan fingerprint density at radius 3 is 2.41 bits per heavy atom.